The van der Waals surface area contributed by atoms with Crippen molar-refractivity contribution in [1.29, 1.82) is 0 Å². The smallest absolute Gasteiger partial charge is 0.251 e. The molecule has 3 heteroatoms. The first-order valence-corrected chi connectivity index (χ1v) is 7.17. The van der Waals surface area contributed by atoms with Crippen LogP contribution in [0.4, 0.5) is 0 Å². The third-order valence-corrected chi connectivity index (χ3v) is 3.33. The van der Waals surface area contributed by atoms with E-state index in [4.69, 9.17) is 4.74 Å². The largest absolute Gasteiger partial charge is 0.489 e. The quantitative estimate of drug-likeness (QED) is 0.910. The van der Waals surface area contributed by atoms with Crippen LogP contribution in [0.3, 0.4) is 0 Å². The fraction of sp³-hybridized carbons (Fsp3) is 0.278. The number of rotatable bonds is 5. The van der Waals surface area contributed by atoms with Crippen molar-refractivity contribution < 1.29 is 9.53 Å². The summed E-state index contributed by atoms with van der Waals surface area (Å²) in [5.74, 6) is 0.634. The van der Waals surface area contributed by atoms with Gasteiger partial charge >= 0.3 is 0 Å². The van der Waals surface area contributed by atoms with Gasteiger partial charge < -0.3 is 10.1 Å². The third kappa shape index (κ3) is 4.09. The molecule has 2 aromatic carbocycles. The normalized spacial score (nSPS) is 10.2. The SMILES string of the molecule is CCNC(=O)c1cccc(OCc2cc(C)ccc2C)c1. The van der Waals surface area contributed by atoms with E-state index in [2.05, 4.69) is 37.4 Å². The number of hydrogen-bond donors (Lipinski definition) is 1. The second-order valence-corrected chi connectivity index (χ2v) is 5.11. The van der Waals surface area contributed by atoms with Gasteiger partial charge in [0.2, 0.25) is 0 Å². The maximum Gasteiger partial charge on any atom is 0.251 e. The van der Waals surface area contributed by atoms with Crippen LogP contribution in [0.1, 0.15) is 34.0 Å². The van der Waals surface area contributed by atoms with Crippen LogP contribution in [0.15, 0.2) is 42.5 Å². The summed E-state index contributed by atoms with van der Waals surface area (Å²) in [6.07, 6.45) is 0. The minimum atomic E-state index is -0.0744. The Morgan fingerprint density at radius 3 is 2.71 bits per heavy atom. The van der Waals surface area contributed by atoms with E-state index in [1.54, 1.807) is 12.1 Å². The number of carbonyl (C=O) groups excluding carboxylic acids is 1. The van der Waals surface area contributed by atoms with Crippen molar-refractivity contribution in [1.82, 2.24) is 5.32 Å². The van der Waals surface area contributed by atoms with Gasteiger partial charge in [-0.05, 0) is 50.1 Å². The second-order valence-electron chi connectivity index (χ2n) is 5.11. The average molecular weight is 283 g/mol. The monoisotopic (exact) mass is 283 g/mol. The Bertz CT molecular complexity index is 635. The van der Waals surface area contributed by atoms with Gasteiger partial charge in [-0.3, -0.25) is 4.79 Å². The van der Waals surface area contributed by atoms with E-state index in [-0.39, 0.29) is 5.91 Å². The summed E-state index contributed by atoms with van der Waals surface area (Å²) in [5, 5.41) is 2.78. The molecule has 3 nitrogen and oxygen atoms in total. The van der Waals surface area contributed by atoms with Crippen molar-refractivity contribution in [2.75, 3.05) is 6.54 Å². The minimum Gasteiger partial charge on any atom is -0.489 e. The molecular weight excluding hydrogens is 262 g/mol. The average Bonchev–Trinajstić information content (AvgIpc) is 2.49. The Hall–Kier alpha value is -2.29. The van der Waals surface area contributed by atoms with E-state index in [1.807, 2.05) is 19.1 Å². The summed E-state index contributed by atoms with van der Waals surface area (Å²) >= 11 is 0. The molecule has 0 heterocycles. The highest BCUT2D eigenvalue weighted by Crippen LogP contribution is 2.17. The van der Waals surface area contributed by atoms with Crippen molar-refractivity contribution >= 4 is 5.91 Å². The highest BCUT2D eigenvalue weighted by Gasteiger charge is 2.06. The van der Waals surface area contributed by atoms with Crippen LogP contribution in [0.5, 0.6) is 5.75 Å². The number of amides is 1. The van der Waals surface area contributed by atoms with Gasteiger partial charge in [0.1, 0.15) is 12.4 Å². The predicted molar refractivity (Wildman–Crippen MR) is 84.7 cm³/mol. The molecule has 0 radical (unpaired) electrons. The van der Waals surface area contributed by atoms with E-state index >= 15 is 0 Å². The van der Waals surface area contributed by atoms with Gasteiger partial charge in [0.15, 0.2) is 0 Å². The lowest BCUT2D eigenvalue weighted by Crippen LogP contribution is -2.22. The van der Waals surface area contributed by atoms with E-state index < -0.39 is 0 Å². The van der Waals surface area contributed by atoms with Crippen LogP contribution in [0, 0.1) is 13.8 Å². The Morgan fingerprint density at radius 1 is 1.14 bits per heavy atom. The van der Waals surface area contributed by atoms with Crippen LogP contribution >= 0.6 is 0 Å². The first-order valence-electron chi connectivity index (χ1n) is 7.17. The summed E-state index contributed by atoms with van der Waals surface area (Å²) in [4.78, 5) is 11.8. The van der Waals surface area contributed by atoms with E-state index in [0.29, 0.717) is 24.5 Å². The van der Waals surface area contributed by atoms with Crippen LogP contribution in [-0.2, 0) is 6.61 Å². The van der Waals surface area contributed by atoms with E-state index in [9.17, 15) is 4.79 Å². The Balaban J connectivity index is 2.08. The number of carbonyl (C=O) groups is 1. The molecule has 0 aliphatic rings. The van der Waals surface area contributed by atoms with Crippen molar-refractivity contribution in [3.63, 3.8) is 0 Å². The zero-order valence-electron chi connectivity index (χ0n) is 12.8. The molecule has 0 aliphatic heterocycles. The topological polar surface area (TPSA) is 38.3 Å². The summed E-state index contributed by atoms with van der Waals surface area (Å²) in [7, 11) is 0. The van der Waals surface area contributed by atoms with Gasteiger partial charge in [0.25, 0.3) is 5.91 Å². The van der Waals surface area contributed by atoms with Gasteiger partial charge in [-0.1, -0.05) is 29.8 Å². The minimum absolute atomic E-state index is 0.0744. The van der Waals surface area contributed by atoms with E-state index in [0.717, 1.165) is 0 Å². The summed E-state index contributed by atoms with van der Waals surface area (Å²) < 4.78 is 5.82. The summed E-state index contributed by atoms with van der Waals surface area (Å²) in [6, 6.07) is 13.6. The molecule has 0 saturated carbocycles. The molecule has 0 unspecified atom stereocenters. The zero-order valence-corrected chi connectivity index (χ0v) is 12.8. The molecule has 0 aromatic heterocycles. The second kappa shape index (κ2) is 6.93. The number of aryl methyl sites for hydroxylation is 2. The Kier molecular flexibility index (Phi) is 4.99. The maximum atomic E-state index is 11.8. The van der Waals surface area contributed by atoms with Gasteiger partial charge in [-0.2, -0.15) is 0 Å². The molecule has 0 atom stereocenters. The molecule has 1 amide bonds. The molecule has 0 saturated heterocycles. The molecule has 2 rings (SSSR count). The molecule has 110 valence electrons. The van der Waals surface area contributed by atoms with Crippen molar-refractivity contribution in [3.05, 3.63) is 64.7 Å². The highest BCUT2D eigenvalue weighted by molar-refractivity contribution is 5.94. The lowest BCUT2D eigenvalue weighted by molar-refractivity contribution is 0.0955. The number of nitrogens with one attached hydrogen (secondary N) is 1. The fourth-order valence-corrected chi connectivity index (χ4v) is 2.11. The predicted octanol–water partition coefficient (Wildman–Crippen LogP) is 3.63. The van der Waals surface area contributed by atoms with Gasteiger partial charge in [0.05, 0.1) is 0 Å². The van der Waals surface area contributed by atoms with Gasteiger partial charge in [-0.25, -0.2) is 0 Å². The molecule has 0 fully saturated rings. The maximum absolute atomic E-state index is 11.8. The molecule has 0 bridgehead atoms. The van der Waals surface area contributed by atoms with Crippen molar-refractivity contribution in [3.8, 4) is 5.75 Å². The van der Waals surface area contributed by atoms with Crippen molar-refractivity contribution in [2.24, 2.45) is 0 Å². The van der Waals surface area contributed by atoms with Crippen LogP contribution in [0.2, 0.25) is 0 Å². The first kappa shape index (κ1) is 15.1. The lowest BCUT2D eigenvalue weighted by Gasteiger charge is -2.10. The standard InChI is InChI=1S/C18H21NO2/c1-4-19-18(20)15-6-5-7-17(11-15)21-12-16-10-13(2)8-9-14(16)3/h5-11H,4,12H2,1-3H3,(H,19,20). The zero-order chi connectivity index (χ0) is 15.2. The highest BCUT2D eigenvalue weighted by atomic mass is 16.5. The van der Waals surface area contributed by atoms with Crippen LogP contribution < -0.4 is 10.1 Å². The number of benzene rings is 2. The molecule has 0 spiro atoms. The molecular formula is C18H21NO2. The molecule has 21 heavy (non-hydrogen) atoms. The van der Waals surface area contributed by atoms with Crippen molar-refractivity contribution in [2.45, 2.75) is 27.4 Å². The fourth-order valence-electron chi connectivity index (χ4n) is 2.11. The van der Waals surface area contributed by atoms with Gasteiger partial charge in [-0.15, -0.1) is 0 Å². The first-order chi connectivity index (χ1) is 10.1. The summed E-state index contributed by atoms with van der Waals surface area (Å²) in [6.45, 7) is 7.17. The number of ether oxygens (including phenoxy) is 1. The number of hydrogen-bond acceptors (Lipinski definition) is 2. The molecule has 0 aliphatic carbocycles. The lowest BCUT2D eigenvalue weighted by atomic mass is 10.1. The Morgan fingerprint density at radius 2 is 1.95 bits per heavy atom. The molecule has 1 N–H and O–H groups in total. The van der Waals surface area contributed by atoms with Gasteiger partial charge in [0, 0.05) is 12.1 Å². The third-order valence-electron chi connectivity index (χ3n) is 3.33. The van der Waals surface area contributed by atoms with E-state index in [1.165, 1.54) is 16.7 Å². The summed E-state index contributed by atoms with van der Waals surface area (Å²) in [5.41, 5.74) is 4.21. The Labute approximate surface area is 126 Å². The van der Waals surface area contributed by atoms with Crippen LogP contribution in [0.25, 0.3) is 0 Å². The van der Waals surface area contributed by atoms with Crippen LogP contribution in [-0.4, -0.2) is 12.5 Å². The molecule has 2 aromatic rings.